The second-order valence-corrected chi connectivity index (χ2v) is 8.44. The average molecular weight is 521 g/mol. The summed E-state index contributed by atoms with van der Waals surface area (Å²) in [6.45, 7) is 1.69. The van der Waals surface area contributed by atoms with Crippen LogP contribution in [-0.2, 0) is 38.5 Å². The number of carboxylic acids is 1. The van der Waals surface area contributed by atoms with E-state index in [9.17, 15) is 19.5 Å². The van der Waals surface area contributed by atoms with Crippen molar-refractivity contribution in [3.8, 4) is 5.75 Å². The van der Waals surface area contributed by atoms with Crippen molar-refractivity contribution in [1.82, 2.24) is 10.4 Å². The lowest BCUT2D eigenvalue weighted by molar-refractivity contribution is -0.152. The van der Waals surface area contributed by atoms with Crippen LogP contribution in [0, 0.1) is 0 Å². The first-order chi connectivity index (χ1) is 18.4. The Morgan fingerprint density at radius 2 is 1.39 bits per heavy atom. The molecule has 0 aromatic heterocycles. The van der Waals surface area contributed by atoms with Crippen molar-refractivity contribution in [2.75, 3.05) is 13.7 Å². The molecule has 9 nitrogen and oxygen atoms in total. The summed E-state index contributed by atoms with van der Waals surface area (Å²) in [6.07, 6.45) is -0.784. The molecule has 0 bridgehead atoms. The second kappa shape index (κ2) is 14.4. The lowest BCUT2D eigenvalue weighted by Crippen LogP contribution is -2.59. The number of ether oxygens (including phenoxy) is 3. The molecule has 1 amide bonds. The molecule has 0 aliphatic heterocycles. The van der Waals surface area contributed by atoms with Crippen LogP contribution in [0.3, 0.4) is 0 Å². The van der Waals surface area contributed by atoms with E-state index in [4.69, 9.17) is 14.2 Å². The number of nitrogens with zero attached hydrogens (tertiary/aromatic N) is 1. The summed E-state index contributed by atoms with van der Waals surface area (Å²) in [4.78, 5) is 38.7. The molecule has 0 unspecified atom stereocenters. The monoisotopic (exact) mass is 520 g/mol. The van der Waals surface area contributed by atoms with Crippen LogP contribution in [0.1, 0.15) is 23.6 Å². The molecule has 2 atom stereocenters. The van der Waals surface area contributed by atoms with Gasteiger partial charge in [0.05, 0.1) is 13.7 Å². The summed E-state index contributed by atoms with van der Waals surface area (Å²) >= 11 is 0. The maximum absolute atomic E-state index is 13.4. The minimum atomic E-state index is -1.25. The van der Waals surface area contributed by atoms with Crippen molar-refractivity contribution in [1.29, 1.82) is 0 Å². The first kappa shape index (κ1) is 28.2. The normalized spacial score (nSPS) is 12.2. The van der Waals surface area contributed by atoms with Gasteiger partial charge in [0.15, 0.2) is 6.04 Å². The molecule has 3 rings (SSSR count). The summed E-state index contributed by atoms with van der Waals surface area (Å²) in [5, 5.41) is 10.9. The van der Waals surface area contributed by atoms with Crippen LogP contribution in [-0.4, -0.2) is 53.9 Å². The summed E-state index contributed by atoms with van der Waals surface area (Å²) in [5.41, 5.74) is 4.95. The van der Waals surface area contributed by atoms with Gasteiger partial charge in [0.25, 0.3) is 0 Å². The molecule has 2 N–H and O–H groups in total. The van der Waals surface area contributed by atoms with Gasteiger partial charge in [0, 0.05) is 12.8 Å². The molecular formula is C29H32N2O7. The van der Waals surface area contributed by atoms with Crippen LogP contribution < -0.4 is 10.2 Å². The Bertz CT molecular complexity index is 1170. The van der Waals surface area contributed by atoms with Gasteiger partial charge in [0.1, 0.15) is 18.4 Å². The minimum Gasteiger partial charge on any atom is -0.497 e. The number of carbonyl (C=O) groups excluding carboxylic acids is 2. The molecule has 0 saturated heterocycles. The van der Waals surface area contributed by atoms with Gasteiger partial charge < -0.3 is 19.3 Å². The number of benzene rings is 3. The standard InChI is InChI=1S/C29H32N2O7/c1-3-37-28(34)26(19-21-10-6-4-7-11-21)31(29(35)38-20-23-12-8-5-9-13-23)30-25(27(32)33)18-22-14-16-24(36-2)17-15-22/h4-17,25-26,30H,3,18-20H2,1-2H3,(H,32,33)/t25-,26-/m0/s1. The Kier molecular flexibility index (Phi) is 10.7. The third-order valence-electron chi connectivity index (χ3n) is 5.74. The summed E-state index contributed by atoms with van der Waals surface area (Å²) in [7, 11) is 1.54. The zero-order valence-corrected chi connectivity index (χ0v) is 21.4. The predicted molar refractivity (Wildman–Crippen MR) is 140 cm³/mol. The number of hydrazine groups is 1. The Balaban J connectivity index is 1.90. The zero-order chi connectivity index (χ0) is 27.3. The molecular weight excluding hydrogens is 488 g/mol. The van der Waals surface area contributed by atoms with Crippen molar-refractivity contribution in [2.24, 2.45) is 0 Å². The number of hydrogen-bond donors (Lipinski definition) is 2. The van der Waals surface area contributed by atoms with Gasteiger partial charge in [-0.2, -0.15) is 0 Å². The zero-order valence-electron chi connectivity index (χ0n) is 21.4. The van der Waals surface area contributed by atoms with Gasteiger partial charge in [-0.3, -0.25) is 4.79 Å². The van der Waals surface area contributed by atoms with E-state index in [0.717, 1.165) is 16.1 Å². The van der Waals surface area contributed by atoms with Crippen molar-refractivity contribution in [3.63, 3.8) is 0 Å². The molecule has 0 aliphatic rings. The Labute approximate surface area is 221 Å². The van der Waals surface area contributed by atoms with Crippen LogP contribution in [0.15, 0.2) is 84.9 Å². The van der Waals surface area contributed by atoms with E-state index in [1.54, 1.807) is 43.3 Å². The number of amides is 1. The molecule has 0 heterocycles. The quantitative estimate of drug-likeness (QED) is 0.257. The lowest BCUT2D eigenvalue weighted by atomic mass is 10.0. The highest BCUT2D eigenvalue weighted by Gasteiger charge is 2.36. The van der Waals surface area contributed by atoms with E-state index in [1.807, 2.05) is 48.5 Å². The second-order valence-electron chi connectivity index (χ2n) is 8.44. The number of carboxylic acid groups (broad SMARTS) is 1. The summed E-state index contributed by atoms with van der Waals surface area (Å²) in [6, 6.07) is 22.6. The van der Waals surface area contributed by atoms with Gasteiger partial charge >= 0.3 is 18.0 Å². The van der Waals surface area contributed by atoms with Crippen LogP contribution >= 0.6 is 0 Å². The highest BCUT2D eigenvalue weighted by Crippen LogP contribution is 2.16. The van der Waals surface area contributed by atoms with Gasteiger partial charge in [-0.25, -0.2) is 20.0 Å². The Morgan fingerprint density at radius 1 is 0.816 bits per heavy atom. The number of methoxy groups -OCH3 is 1. The van der Waals surface area contributed by atoms with Crippen molar-refractivity contribution in [2.45, 2.75) is 38.5 Å². The minimum absolute atomic E-state index is 0.0304. The van der Waals surface area contributed by atoms with Gasteiger partial charge in [-0.05, 0) is 35.7 Å². The smallest absolute Gasteiger partial charge is 0.425 e. The van der Waals surface area contributed by atoms with Crippen LogP contribution in [0.25, 0.3) is 0 Å². The molecule has 0 radical (unpaired) electrons. The number of aliphatic carboxylic acids is 1. The number of hydrogen-bond acceptors (Lipinski definition) is 7. The van der Waals surface area contributed by atoms with E-state index in [0.29, 0.717) is 11.3 Å². The molecule has 0 spiro atoms. The fourth-order valence-electron chi connectivity index (χ4n) is 3.77. The number of carbonyl (C=O) groups is 3. The fraction of sp³-hybridized carbons (Fsp3) is 0.276. The topological polar surface area (TPSA) is 114 Å². The third-order valence-corrected chi connectivity index (χ3v) is 5.74. The molecule has 0 fully saturated rings. The van der Waals surface area contributed by atoms with Crippen molar-refractivity contribution >= 4 is 18.0 Å². The van der Waals surface area contributed by atoms with Crippen molar-refractivity contribution in [3.05, 3.63) is 102 Å². The predicted octanol–water partition coefficient (Wildman–Crippen LogP) is 4.01. The molecule has 9 heteroatoms. The van der Waals surface area contributed by atoms with Crippen LogP contribution in [0.2, 0.25) is 0 Å². The first-order valence-electron chi connectivity index (χ1n) is 12.2. The van der Waals surface area contributed by atoms with Crippen LogP contribution in [0.5, 0.6) is 5.75 Å². The molecule has 38 heavy (non-hydrogen) atoms. The van der Waals surface area contributed by atoms with Crippen LogP contribution in [0.4, 0.5) is 4.79 Å². The first-order valence-corrected chi connectivity index (χ1v) is 12.2. The van der Waals surface area contributed by atoms with Gasteiger partial charge in [-0.1, -0.05) is 72.8 Å². The SMILES string of the molecule is CCOC(=O)[C@H](Cc1ccccc1)N(N[C@@H](Cc1ccc(OC)cc1)C(=O)O)C(=O)OCc1ccccc1. The average Bonchev–Trinajstić information content (AvgIpc) is 2.94. The van der Waals surface area contributed by atoms with Crippen molar-refractivity contribution < 1.29 is 33.7 Å². The molecule has 3 aromatic carbocycles. The highest BCUT2D eigenvalue weighted by molar-refractivity contribution is 5.82. The van der Waals surface area contributed by atoms with E-state index in [2.05, 4.69) is 5.43 Å². The Hall–Kier alpha value is -4.37. The fourth-order valence-corrected chi connectivity index (χ4v) is 3.77. The highest BCUT2D eigenvalue weighted by atomic mass is 16.6. The van der Waals surface area contributed by atoms with E-state index >= 15 is 0 Å². The summed E-state index contributed by atoms with van der Waals surface area (Å²) in [5.74, 6) is -1.26. The number of nitrogens with one attached hydrogen (secondary N) is 1. The maximum atomic E-state index is 13.4. The molecule has 0 aliphatic carbocycles. The molecule has 0 saturated carbocycles. The third kappa shape index (κ3) is 8.35. The van der Waals surface area contributed by atoms with E-state index < -0.39 is 30.1 Å². The molecule has 3 aromatic rings. The van der Waals surface area contributed by atoms with E-state index in [-0.39, 0.29) is 26.1 Å². The lowest BCUT2D eigenvalue weighted by Gasteiger charge is -2.32. The van der Waals surface area contributed by atoms with E-state index in [1.165, 1.54) is 7.11 Å². The largest absolute Gasteiger partial charge is 0.497 e. The Morgan fingerprint density at radius 3 is 1.95 bits per heavy atom. The maximum Gasteiger partial charge on any atom is 0.425 e. The van der Waals surface area contributed by atoms with Gasteiger partial charge in [0.2, 0.25) is 0 Å². The summed E-state index contributed by atoms with van der Waals surface area (Å²) < 4.78 is 15.9. The van der Waals surface area contributed by atoms with Gasteiger partial charge in [-0.15, -0.1) is 0 Å². The molecule has 200 valence electrons. The number of esters is 1. The number of rotatable bonds is 13.